The van der Waals surface area contributed by atoms with Crippen molar-refractivity contribution in [3.05, 3.63) is 65.0 Å². The molecular weight excluding hydrogens is 392 g/mol. The summed E-state index contributed by atoms with van der Waals surface area (Å²) in [5.41, 5.74) is 3.49. The minimum atomic E-state index is -3.86. The number of hydrogen-bond donors (Lipinski definition) is 1. The summed E-state index contributed by atoms with van der Waals surface area (Å²) in [5, 5.41) is 0. The first kappa shape index (κ1) is 22.6. The Kier molecular flexibility index (Phi) is 7.16. The second-order valence-electron chi connectivity index (χ2n) is 6.86. The van der Waals surface area contributed by atoms with Gasteiger partial charge in [0.1, 0.15) is 6.54 Å². The van der Waals surface area contributed by atoms with Crippen LogP contribution in [0.25, 0.3) is 0 Å². The molecule has 1 aromatic heterocycles. The van der Waals surface area contributed by atoms with Crippen LogP contribution in [0.5, 0.6) is 0 Å². The highest BCUT2D eigenvalue weighted by molar-refractivity contribution is 7.89. The van der Waals surface area contributed by atoms with Gasteiger partial charge >= 0.3 is 5.97 Å². The third-order valence-corrected chi connectivity index (χ3v) is 6.13. The quantitative estimate of drug-likeness (QED) is 0.384. The highest BCUT2D eigenvalue weighted by atomic mass is 32.2. The molecule has 0 spiro atoms. The van der Waals surface area contributed by atoms with Gasteiger partial charge in [0.15, 0.2) is 6.61 Å². The molecule has 8 heteroatoms. The van der Waals surface area contributed by atoms with E-state index < -0.39 is 29.1 Å². The number of nitrogens with zero attached hydrogens (tertiary/aromatic N) is 1. The van der Waals surface area contributed by atoms with Crippen LogP contribution < -0.4 is 4.72 Å². The van der Waals surface area contributed by atoms with Gasteiger partial charge in [0.25, 0.3) is 0 Å². The van der Waals surface area contributed by atoms with Gasteiger partial charge in [0.05, 0.1) is 4.90 Å². The van der Waals surface area contributed by atoms with Gasteiger partial charge in [-0.3, -0.25) is 9.59 Å². The van der Waals surface area contributed by atoms with Crippen LogP contribution in [0.3, 0.4) is 0 Å². The van der Waals surface area contributed by atoms with Crippen molar-refractivity contribution < 1.29 is 22.7 Å². The molecule has 0 amide bonds. The number of ether oxygens (including phenoxy) is 1. The molecule has 29 heavy (non-hydrogen) atoms. The average molecular weight is 419 g/mol. The SMILES string of the molecule is C=CCn1c(C)cc(C(=O)COC(=O)CNS(=O)(=O)c2cc(C)ccc2C)c1C. The first-order chi connectivity index (χ1) is 13.6. The van der Waals surface area contributed by atoms with Crippen molar-refractivity contribution in [2.75, 3.05) is 13.2 Å². The van der Waals surface area contributed by atoms with Crippen LogP contribution in [0.15, 0.2) is 41.8 Å². The molecule has 0 aliphatic rings. The van der Waals surface area contributed by atoms with E-state index in [1.807, 2.05) is 18.4 Å². The summed E-state index contributed by atoms with van der Waals surface area (Å²) >= 11 is 0. The zero-order valence-corrected chi connectivity index (χ0v) is 17.9. The van der Waals surface area contributed by atoms with E-state index in [-0.39, 0.29) is 10.7 Å². The fourth-order valence-electron chi connectivity index (χ4n) is 3.00. The lowest BCUT2D eigenvalue weighted by atomic mass is 10.1. The number of benzene rings is 1. The summed E-state index contributed by atoms with van der Waals surface area (Å²) in [6, 6.07) is 6.77. The first-order valence-electron chi connectivity index (χ1n) is 9.10. The first-order valence-corrected chi connectivity index (χ1v) is 10.6. The number of Topliss-reactive ketones (excluding diaryl/α,β-unsaturated/α-hetero) is 1. The number of nitrogens with one attached hydrogen (secondary N) is 1. The fourth-order valence-corrected chi connectivity index (χ4v) is 4.29. The van der Waals surface area contributed by atoms with Crippen molar-refractivity contribution in [3.63, 3.8) is 0 Å². The third kappa shape index (κ3) is 5.42. The number of rotatable bonds is 9. The minimum absolute atomic E-state index is 0.107. The Hall–Kier alpha value is -2.71. The van der Waals surface area contributed by atoms with Gasteiger partial charge in [-0.05, 0) is 51.0 Å². The molecule has 0 aliphatic heterocycles. The predicted octanol–water partition coefficient (Wildman–Crippen LogP) is 2.61. The van der Waals surface area contributed by atoms with Gasteiger partial charge in [0, 0.05) is 23.5 Å². The molecular formula is C21H26N2O5S. The predicted molar refractivity (Wildman–Crippen MR) is 110 cm³/mol. The fraction of sp³-hybridized carbons (Fsp3) is 0.333. The van der Waals surface area contributed by atoms with E-state index in [0.29, 0.717) is 17.7 Å². The Labute approximate surface area is 171 Å². The Morgan fingerprint density at radius 2 is 1.86 bits per heavy atom. The highest BCUT2D eigenvalue weighted by Gasteiger charge is 2.20. The van der Waals surface area contributed by atoms with Gasteiger partial charge < -0.3 is 9.30 Å². The highest BCUT2D eigenvalue weighted by Crippen LogP contribution is 2.17. The second-order valence-corrected chi connectivity index (χ2v) is 8.60. The maximum Gasteiger partial charge on any atom is 0.321 e. The molecule has 2 aromatic rings. The molecule has 0 fully saturated rings. The lowest BCUT2D eigenvalue weighted by Gasteiger charge is -2.10. The molecule has 2 rings (SSSR count). The van der Waals surface area contributed by atoms with Crippen molar-refractivity contribution in [1.29, 1.82) is 0 Å². The summed E-state index contributed by atoms with van der Waals surface area (Å²) in [6.07, 6.45) is 1.73. The van der Waals surface area contributed by atoms with Crippen molar-refractivity contribution in [2.45, 2.75) is 39.1 Å². The van der Waals surface area contributed by atoms with E-state index in [1.165, 1.54) is 6.07 Å². The van der Waals surface area contributed by atoms with E-state index in [2.05, 4.69) is 11.3 Å². The number of aromatic nitrogens is 1. The van der Waals surface area contributed by atoms with Crippen LogP contribution in [0, 0.1) is 27.7 Å². The number of ketones is 1. The molecule has 0 bridgehead atoms. The molecule has 0 aliphatic carbocycles. The molecule has 0 unspecified atom stereocenters. The number of carbonyl (C=O) groups is 2. The Morgan fingerprint density at radius 3 is 2.52 bits per heavy atom. The lowest BCUT2D eigenvalue weighted by Crippen LogP contribution is -2.32. The van der Waals surface area contributed by atoms with Crippen molar-refractivity contribution in [3.8, 4) is 0 Å². The molecule has 1 heterocycles. The van der Waals surface area contributed by atoms with E-state index in [9.17, 15) is 18.0 Å². The number of sulfonamides is 1. The Morgan fingerprint density at radius 1 is 1.17 bits per heavy atom. The van der Waals surface area contributed by atoms with Crippen LogP contribution in [0.1, 0.15) is 32.9 Å². The molecule has 0 atom stereocenters. The van der Waals surface area contributed by atoms with Crippen LogP contribution in [0.4, 0.5) is 0 Å². The van der Waals surface area contributed by atoms with Gasteiger partial charge in [-0.1, -0.05) is 18.2 Å². The largest absolute Gasteiger partial charge is 0.456 e. The van der Waals surface area contributed by atoms with E-state index in [0.717, 1.165) is 17.0 Å². The van der Waals surface area contributed by atoms with E-state index >= 15 is 0 Å². The monoisotopic (exact) mass is 418 g/mol. The second kappa shape index (κ2) is 9.19. The van der Waals surface area contributed by atoms with Gasteiger partial charge in [-0.15, -0.1) is 6.58 Å². The maximum absolute atomic E-state index is 12.4. The van der Waals surface area contributed by atoms with Gasteiger partial charge in [-0.2, -0.15) is 4.72 Å². The number of allylic oxidation sites excluding steroid dienone is 1. The maximum atomic E-state index is 12.4. The van der Waals surface area contributed by atoms with Crippen molar-refractivity contribution in [1.82, 2.24) is 9.29 Å². The third-order valence-electron chi connectivity index (χ3n) is 4.59. The molecule has 0 saturated heterocycles. The number of hydrogen-bond acceptors (Lipinski definition) is 5. The molecule has 0 saturated carbocycles. The van der Waals surface area contributed by atoms with E-state index in [1.54, 1.807) is 38.1 Å². The van der Waals surface area contributed by atoms with Crippen molar-refractivity contribution in [2.24, 2.45) is 0 Å². The molecule has 156 valence electrons. The topological polar surface area (TPSA) is 94.5 Å². The van der Waals surface area contributed by atoms with Crippen LogP contribution in [-0.4, -0.2) is 37.9 Å². The average Bonchev–Trinajstić information content (AvgIpc) is 2.95. The molecule has 1 N–H and O–H groups in total. The van der Waals surface area contributed by atoms with E-state index in [4.69, 9.17) is 4.74 Å². The number of aryl methyl sites for hydroxylation is 3. The number of carbonyl (C=O) groups excluding carboxylic acids is 2. The molecule has 7 nitrogen and oxygen atoms in total. The minimum Gasteiger partial charge on any atom is -0.456 e. The Balaban J connectivity index is 1.96. The summed E-state index contributed by atoms with van der Waals surface area (Å²) in [5.74, 6) is -1.17. The standard InChI is InChI=1S/C21H26N2O5S/c1-6-9-23-16(4)11-18(17(23)5)19(24)13-28-21(25)12-22-29(26,27)20-10-14(2)7-8-15(20)3/h6-8,10-11,22H,1,9,12-13H2,2-5H3. The molecule has 0 radical (unpaired) electrons. The zero-order chi connectivity index (χ0) is 21.8. The van der Waals surface area contributed by atoms with Crippen molar-refractivity contribution >= 4 is 21.8 Å². The smallest absolute Gasteiger partial charge is 0.321 e. The van der Waals surface area contributed by atoms with Gasteiger partial charge in [-0.25, -0.2) is 8.42 Å². The summed E-state index contributed by atoms with van der Waals surface area (Å²) in [6.45, 7) is 10.4. The number of esters is 1. The summed E-state index contributed by atoms with van der Waals surface area (Å²) < 4.78 is 34.0. The lowest BCUT2D eigenvalue weighted by molar-refractivity contribution is -0.141. The van der Waals surface area contributed by atoms with Crippen LogP contribution in [-0.2, 0) is 26.1 Å². The summed E-state index contributed by atoms with van der Waals surface area (Å²) in [7, 11) is -3.86. The molecule has 1 aromatic carbocycles. The summed E-state index contributed by atoms with van der Waals surface area (Å²) in [4.78, 5) is 24.4. The van der Waals surface area contributed by atoms with Crippen LogP contribution in [0.2, 0.25) is 0 Å². The normalized spacial score (nSPS) is 11.3. The van der Waals surface area contributed by atoms with Crippen LogP contribution >= 0.6 is 0 Å². The van der Waals surface area contributed by atoms with Gasteiger partial charge in [0.2, 0.25) is 15.8 Å². The Bertz CT molecular complexity index is 1050. The zero-order valence-electron chi connectivity index (χ0n) is 17.1.